The Hall–Kier alpha value is -2.42. The Morgan fingerprint density at radius 2 is 2.00 bits per heavy atom. The molecule has 4 rings (SSSR count). The number of thioether (sulfide) groups is 1. The Morgan fingerprint density at radius 1 is 1.21 bits per heavy atom. The summed E-state index contributed by atoms with van der Waals surface area (Å²) in [6.45, 7) is 6.21. The van der Waals surface area contributed by atoms with E-state index in [9.17, 15) is 4.79 Å². The molecule has 0 unspecified atom stereocenters. The van der Waals surface area contributed by atoms with Crippen LogP contribution in [0.1, 0.15) is 10.7 Å². The molecule has 8 heteroatoms. The largest absolute Gasteiger partial charge is 0.497 e. The maximum Gasteiger partial charge on any atom is 0.263 e. The van der Waals surface area contributed by atoms with Crippen LogP contribution < -0.4 is 10.3 Å². The second-order valence-corrected chi connectivity index (χ2v) is 9.17. The van der Waals surface area contributed by atoms with Gasteiger partial charge >= 0.3 is 0 Å². The predicted molar refractivity (Wildman–Crippen MR) is 122 cm³/mol. The molecule has 0 saturated heterocycles. The van der Waals surface area contributed by atoms with Gasteiger partial charge in [0.25, 0.3) is 5.56 Å². The lowest BCUT2D eigenvalue weighted by Crippen LogP contribution is -2.22. The van der Waals surface area contributed by atoms with Crippen molar-refractivity contribution in [2.24, 2.45) is 0 Å². The maximum absolute atomic E-state index is 13.4. The number of hydrogen-bond acceptors (Lipinski definition) is 7. The van der Waals surface area contributed by atoms with Gasteiger partial charge in [-0.2, -0.15) is 0 Å². The van der Waals surface area contributed by atoms with Gasteiger partial charge < -0.3 is 4.74 Å². The average Bonchev–Trinajstić information content (AvgIpc) is 3.35. The van der Waals surface area contributed by atoms with Crippen molar-refractivity contribution in [1.29, 1.82) is 0 Å². The van der Waals surface area contributed by atoms with Crippen molar-refractivity contribution >= 4 is 44.7 Å². The van der Waals surface area contributed by atoms with E-state index in [1.807, 2.05) is 41.9 Å². The summed E-state index contributed by atoms with van der Waals surface area (Å²) >= 11 is 4.65. The van der Waals surface area contributed by atoms with E-state index in [0.29, 0.717) is 22.8 Å². The molecule has 0 saturated carbocycles. The van der Waals surface area contributed by atoms with Crippen LogP contribution in [0, 0.1) is 6.92 Å². The SMILES string of the molecule is C=CCn1c(SCc2csc(C)n2)nc2scc(-c3ccc(OC)cc3)c2c1=O. The van der Waals surface area contributed by atoms with Crippen LogP contribution in [-0.4, -0.2) is 21.6 Å². The van der Waals surface area contributed by atoms with Crippen LogP contribution in [0.3, 0.4) is 0 Å². The molecule has 0 atom stereocenters. The van der Waals surface area contributed by atoms with Crippen molar-refractivity contribution < 1.29 is 4.74 Å². The first kappa shape index (κ1) is 19.9. The molecule has 5 nitrogen and oxygen atoms in total. The normalized spacial score (nSPS) is 11.1. The Kier molecular flexibility index (Phi) is 5.84. The Balaban J connectivity index is 1.77. The van der Waals surface area contributed by atoms with Gasteiger partial charge in [0, 0.05) is 28.6 Å². The van der Waals surface area contributed by atoms with Crippen LogP contribution >= 0.6 is 34.4 Å². The van der Waals surface area contributed by atoms with Gasteiger partial charge in [0.15, 0.2) is 5.16 Å². The molecule has 29 heavy (non-hydrogen) atoms. The Bertz CT molecular complexity index is 1220. The molecule has 0 aliphatic heterocycles. The number of rotatable bonds is 7. The number of aromatic nitrogens is 3. The highest BCUT2D eigenvalue weighted by Crippen LogP contribution is 2.33. The highest BCUT2D eigenvalue weighted by molar-refractivity contribution is 7.98. The lowest BCUT2D eigenvalue weighted by molar-refractivity contribution is 0.415. The molecule has 0 bridgehead atoms. The Morgan fingerprint density at radius 3 is 2.66 bits per heavy atom. The molecular formula is C21H19N3O2S3. The van der Waals surface area contributed by atoms with Gasteiger partial charge in [-0.25, -0.2) is 9.97 Å². The first-order chi connectivity index (χ1) is 14.1. The molecule has 0 N–H and O–H groups in total. The van der Waals surface area contributed by atoms with E-state index in [0.717, 1.165) is 32.4 Å². The summed E-state index contributed by atoms with van der Waals surface area (Å²) < 4.78 is 6.93. The van der Waals surface area contributed by atoms with Crippen LogP contribution in [0.4, 0.5) is 0 Å². The lowest BCUT2D eigenvalue weighted by atomic mass is 10.1. The quantitative estimate of drug-likeness (QED) is 0.219. The highest BCUT2D eigenvalue weighted by Gasteiger charge is 2.17. The molecule has 0 fully saturated rings. The number of allylic oxidation sites excluding steroid dienone is 1. The third-order valence-electron chi connectivity index (χ3n) is 4.39. The fourth-order valence-corrected chi connectivity index (χ4v) is 5.61. The van der Waals surface area contributed by atoms with Gasteiger partial charge in [0.05, 0.1) is 23.2 Å². The second-order valence-electron chi connectivity index (χ2n) is 6.30. The minimum atomic E-state index is -0.0427. The molecule has 3 aromatic heterocycles. The van der Waals surface area contributed by atoms with E-state index in [-0.39, 0.29) is 5.56 Å². The van der Waals surface area contributed by atoms with Crippen molar-refractivity contribution in [3.8, 4) is 16.9 Å². The lowest BCUT2D eigenvalue weighted by Gasteiger charge is -2.10. The van der Waals surface area contributed by atoms with Crippen LogP contribution in [0.5, 0.6) is 5.75 Å². The average molecular weight is 442 g/mol. The minimum Gasteiger partial charge on any atom is -0.497 e. The number of benzene rings is 1. The van der Waals surface area contributed by atoms with Crippen molar-refractivity contribution in [1.82, 2.24) is 14.5 Å². The first-order valence-corrected chi connectivity index (χ1v) is 11.7. The van der Waals surface area contributed by atoms with E-state index < -0.39 is 0 Å². The van der Waals surface area contributed by atoms with Gasteiger partial charge in [-0.15, -0.1) is 29.3 Å². The zero-order valence-electron chi connectivity index (χ0n) is 16.0. The monoisotopic (exact) mass is 441 g/mol. The second kappa shape index (κ2) is 8.52. The third-order valence-corrected chi connectivity index (χ3v) is 7.09. The van der Waals surface area contributed by atoms with Crippen molar-refractivity contribution in [2.75, 3.05) is 7.11 Å². The fraction of sp³-hybridized carbons (Fsp3) is 0.190. The Labute approximate surface area is 180 Å². The van der Waals surface area contributed by atoms with Crippen molar-refractivity contribution in [3.63, 3.8) is 0 Å². The van der Waals surface area contributed by atoms with Crippen molar-refractivity contribution in [2.45, 2.75) is 24.4 Å². The van der Waals surface area contributed by atoms with Gasteiger partial charge in [0.2, 0.25) is 0 Å². The number of ether oxygens (including phenoxy) is 1. The van der Waals surface area contributed by atoms with Crippen LogP contribution in [0.15, 0.2) is 57.6 Å². The highest BCUT2D eigenvalue weighted by atomic mass is 32.2. The molecule has 0 aliphatic rings. The summed E-state index contributed by atoms with van der Waals surface area (Å²) in [7, 11) is 1.64. The molecule has 0 amide bonds. The predicted octanol–water partition coefficient (Wildman–Crippen LogP) is 5.38. The molecule has 0 spiro atoms. The third kappa shape index (κ3) is 4.01. The molecular weight excluding hydrogens is 422 g/mol. The smallest absolute Gasteiger partial charge is 0.263 e. The van der Waals surface area contributed by atoms with Crippen molar-refractivity contribution in [3.05, 3.63) is 68.7 Å². The molecule has 3 heterocycles. The summed E-state index contributed by atoms with van der Waals surface area (Å²) in [5, 5.41) is 6.42. The topological polar surface area (TPSA) is 57.0 Å². The summed E-state index contributed by atoms with van der Waals surface area (Å²) in [6, 6.07) is 7.72. The van der Waals surface area contributed by atoms with Crippen LogP contribution in [0.2, 0.25) is 0 Å². The van der Waals surface area contributed by atoms with E-state index in [4.69, 9.17) is 9.72 Å². The number of fused-ring (bicyclic) bond motifs is 1. The van der Waals surface area contributed by atoms with Gasteiger partial charge in [-0.3, -0.25) is 9.36 Å². The number of thiophene rings is 1. The standard InChI is InChI=1S/C21H19N3O2S3/c1-4-9-24-20(25)18-17(14-5-7-16(26-3)8-6-14)12-28-19(18)23-21(24)29-11-15-10-27-13(2)22-15/h4-8,10,12H,1,9,11H2,2-3H3. The summed E-state index contributed by atoms with van der Waals surface area (Å²) in [4.78, 5) is 23.4. The minimum absolute atomic E-state index is 0.0427. The zero-order valence-corrected chi connectivity index (χ0v) is 18.5. The number of thiazole rings is 1. The van der Waals surface area contributed by atoms with Gasteiger partial charge in [-0.05, 0) is 24.6 Å². The summed E-state index contributed by atoms with van der Waals surface area (Å²) in [5.74, 6) is 1.46. The molecule has 0 radical (unpaired) electrons. The van der Waals surface area contributed by atoms with Crippen LogP contribution in [0.25, 0.3) is 21.3 Å². The first-order valence-electron chi connectivity index (χ1n) is 8.92. The number of methoxy groups -OCH3 is 1. The maximum atomic E-state index is 13.4. The molecule has 148 valence electrons. The molecule has 4 aromatic rings. The number of aryl methyl sites for hydroxylation is 1. The van der Waals surface area contributed by atoms with Gasteiger partial charge in [0.1, 0.15) is 10.6 Å². The number of nitrogens with zero attached hydrogens (tertiary/aromatic N) is 3. The zero-order chi connectivity index (χ0) is 20.4. The van der Waals surface area contributed by atoms with Gasteiger partial charge in [-0.1, -0.05) is 30.0 Å². The van der Waals surface area contributed by atoms with Crippen LogP contribution in [-0.2, 0) is 12.3 Å². The molecule has 0 aliphatic carbocycles. The van der Waals surface area contributed by atoms with E-state index in [1.165, 1.54) is 23.1 Å². The number of hydrogen-bond donors (Lipinski definition) is 0. The van der Waals surface area contributed by atoms with E-state index in [1.54, 1.807) is 29.1 Å². The summed E-state index contributed by atoms with van der Waals surface area (Å²) in [6.07, 6.45) is 1.73. The van der Waals surface area contributed by atoms with E-state index >= 15 is 0 Å². The summed E-state index contributed by atoms with van der Waals surface area (Å²) in [5.41, 5.74) is 2.83. The molecule has 1 aromatic carbocycles. The fourth-order valence-electron chi connectivity index (χ4n) is 3.00. The van der Waals surface area contributed by atoms with E-state index in [2.05, 4.69) is 11.6 Å².